The molecule has 5 nitrogen and oxygen atoms in total. The highest BCUT2D eigenvalue weighted by molar-refractivity contribution is 7.99. The summed E-state index contributed by atoms with van der Waals surface area (Å²) in [5, 5.41) is 0. The Morgan fingerprint density at radius 1 is 0.358 bits per heavy atom. The Labute approximate surface area is 313 Å². The zero-order chi connectivity index (χ0) is 35.1. The lowest BCUT2D eigenvalue weighted by molar-refractivity contribution is 0.977. The first-order valence-electron chi connectivity index (χ1n) is 17.9. The van der Waals surface area contributed by atoms with Crippen LogP contribution in [0.25, 0.3) is 34.2 Å². The average Bonchev–Trinajstić information content (AvgIpc) is 3.40. The summed E-state index contributed by atoms with van der Waals surface area (Å²) in [5.41, 5.74) is 12.6. The van der Waals surface area contributed by atoms with Crippen LogP contribution in [0.2, 0.25) is 0 Å². The van der Waals surface area contributed by atoms with Gasteiger partial charge in [-0.3, -0.25) is 0 Å². The minimum Gasteiger partial charge on any atom is -0.310 e. The number of fused-ring (bicyclic) bond motifs is 4. The Morgan fingerprint density at radius 3 is 1.38 bits per heavy atom. The van der Waals surface area contributed by atoms with Gasteiger partial charge in [-0.25, -0.2) is 15.0 Å². The molecule has 7 aromatic carbocycles. The third-order valence-corrected chi connectivity index (χ3v) is 11.1. The Hall–Kier alpha value is -6.50. The molecule has 0 atom stereocenters. The van der Waals surface area contributed by atoms with Gasteiger partial charge in [-0.15, -0.1) is 0 Å². The molecule has 2 aliphatic rings. The van der Waals surface area contributed by atoms with Crippen LogP contribution < -0.4 is 9.80 Å². The standard InChI is InChI=1S/C47H33N5S/c1-3-15-34(16-4-1)45-48-46(35-17-5-2-6-18-35)50-47(49-45)36-25-27-37(28-26-36)51-41-21-11-12-22-43(41)53-44-31-38(29-30-42(44)51)52-39-19-9-7-13-32(39)23-24-33-14-8-10-20-40(33)52/h1-22,25-31H,23-24H2. The maximum atomic E-state index is 4.96. The van der Waals surface area contributed by atoms with Crippen LogP contribution in [0.15, 0.2) is 186 Å². The number of aromatic nitrogens is 3. The highest BCUT2D eigenvalue weighted by atomic mass is 32.2. The lowest BCUT2D eigenvalue weighted by Crippen LogP contribution is -2.16. The second kappa shape index (κ2) is 13.2. The van der Waals surface area contributed by atoms with E-state index < -0.39 is 0 Å². The zero-order valence-corrected chi connectivity index (χ0v) is 29.6. The van der Waals surface area contributed by atoms with Gasteiger partial charge in [0, 0.05) is 49.2 Å². The van der Waals surface area contributed by atoms with Crippen molar-refractivity contribution in [3.63, 3.8) is 0 Å². The van der Waals surface area contributed by atoms with Crippen molar-refractivity contribution < 1.29 is 0 Å². The predicted octanol–water partition coefficient (Wildman–Crippen LogP) is 12.4. The van der Waals surface area contributed by atoms with Crippen molar-refractivity contribution in [3.05, 3.63) is 187 Å². The molecule has 0 unspecified atom stereocenters. The number of rotatable bonds is 5. The molecule has 10 rings (SSSR count). The van der Waals surface area contributed by atoms with Crippen LogP contribution in [-0.4, -0.2) is 15.0 Å². The summed E-state index contributed by atoms with van der Waals surface area (Å²) in [6, 6.07) is 62.0. The van der Waals surface area contributed by atoms with Gasteiger partial charge >= 0.3 is 0 Å². The van der Waals surface area contributed by atoms with Gasteiger partial charge in [0.1, 0.15) is 0 Å². The molecule has 0 fully saturated rings. The number of anilines is 6. The fourth-order valence-corrected chi connectivity index (χ4v) is 8.51. The van der Waals surface area contributed by atoms with Crippen LogP contribution in [0, 0.1) is 0 Å². The largest absolute Gasteiger partial charge is 0.310 e. The van der Waals surface area contributed by atoms with Gasteiger partial charge in [0.05, 0.1) is 11.4 Å². The second-order valence-corrected chi connectivity index (χ2v) is 14.3. The van der Waals surface area contributed by atoms with E-state index in [0.717, 1.165) is 52.3 Å². The molecule has 0 saturated heterocycles. The quantitative estimate of drug-likeness (QED) is 0.178. The number of hydrogen-bond donors (Lipinski definition) is 0. The molecular formula is C47H33N5S. The third-order valence-electron chi connectivity index (χ3n) is 9.98. The first-order valence-corrected chi connectivity index (χ1v) is 18.7. The number of benzene rings is 7. The van der Waals surface area contributed by atoms with Crippen molar-refractivity contribution in [1.82, 2.24) is 15.0 Å². The van der Waals surface area contributed by atoms with Gasteiger partial charge < -0.3 is 9.80 Å². The van der Waals surface area contributed by atoms with Gasteiger partial charge in [-0.05, 0) is 90.7 Å². The maximum absolute atomic E-state index is 4.96. The van der Waals surface area contributed by atoms with Crippen molar-refractivity contribution in [3.8, 4) is 34.2 Å². The van der Waals surface area contributed by atoms with E-state index in [1.807, 2.05) is 72.4 Å². The van der Waals surface area contributed by atoms with Crippen molar-refractivity contribution in [2.24, 2.45) is 0 Å². The lowest BCUT2D eigenvalue weighted by atomic mass is 10.0. The molecule has 0 N–H and O–H groups in total. The molecule has 0 aliphatic carbocycles. The molecular weight excluding hydrogens is 667 g/mol. The summed E-state index contributed by atoms with van der Waals surface area (Å²) < 4.78 is 0. The minimum atomic E-state index is 0.641. The smallest absolute Gasteiger partial charge is 0.164 e. The summed E-state index contributed by atoms with van der Waals surface area (Å²) in [4.78, 5) is 22.0. The highest BCUT2D eigenvalue weighted by Gasteiger charge is 2.28. The van der Waals surface area contributed by atoms with Crippen LogP contribution in [0.5, 0.6) is 0 Å². The van der Waals surface area contributed by atoms with Crippen molar-refractivity contribution in [1.29, 1.82) is 0 Å². The average molecular weight is 700 g/mol. The van der Waals surface area contributed by atoms with Crippen LogP contribution in [0.1, 0.15) is 11.1 Å². The Morgan fingerprint density at radius 2 is 0.792 bits per heavy atom. The second-order valence-electron chi connectivity index (χ2n) is 13.2. The molecule has 0 saturated carbocycles. The summed E-state index contributed by atoms with van der Waals surface area (Å²) in [6.07, 6.45) is 2.04. The minimum absolute atomic E-state index is 0.641. The molecule has 0 spiro atoms. The summed E-state index contributed by atoms with van der Waals surface area (Å²) in [6.45, 7) is 0. The van der Waals surface area contributed by atoms with E-state index in [4.69, 9.17) is 15.0 Å². The first kappa shape index (κ1) is 31.3. The SMILES string of the molecule is c1ccc(-c2nc(-c3ccccc3)nc(-c3ccc(N4c5ccccc5Sc5cc(N6c7ccccc7CCc7ccccc76)ccc54)cc3)n2)cc1. The monoisotopic (exact) mass is 699 g/mol. The van der Waals surface area contributed by atoms with E-state index in [-0.39, 0.29) is 0 Å². The molecule has 0 radical (unpaired) electrons. The fraction of sp³-hybridized carbons (Fsp3) is 0.0426. The van der Waals surface area contributed by atoms with Crippen molar-refractivity contribution in [2.45, 2.75) is 22.6 Å². The van der Waals surface area contributed by atoms with E-state index in [0.29, 0.717) is 17.5 Å². The van der Waals surface area contributed by atoms with Gasteiger partial charge in [-0.2, -0.15) is 0 Å². The third kappa shape index (κ3) is 5.74. The molecule has 53 heavy (non-hydrogen) atoms. The van der Waals surface area contributed by atoms with E-state index >= 15 is 0 Å². The van der Waals surface area contributed by atoms with Gasteiger partial charge in [0.15, 0.2) is 17.5 Å². The molecule has 3 heterocycles. The summed E-state index contributed by atoms with van der Waals surface area (Å²) in [7, 11) is 0. The van der Waals surface area contributed by atoms with E-state index in [1.165, 1.54) is 32.3 Å². The van der Waals surface area contributed by atoms with Crippen LogP contribution in [0.4, 0.5) is 34.1 Å². The number of para-hydroxylation sites is 3. The molecule has 252 valence electrons. The molecule has 6 heteroatoms. The first-order chi connectivity index (χ1) is 26.3. The van der Waals surface area contributed by atoms with Gasteiger partial charge in [-0.1, -0.05) is 121 Å². The van der Waals surface area contributed by atoms with E-state index in [9.17, 15) is 0 Å². The number of nitrogens with zero attached hydrogens (tertiary/aromatic N) is 5. The number of aryl methyl sites for hydroxylation is 2. The van der Waals surface area contributed by atoms with Gasteiger partial charge in [0.25, 0.3) is 0 Å². The highest BCUT2D eigenvalue weighted by Crippen LogP contribution is 2.53. The van der Waals surface area contributed by atoms with Crippen LogP contribution in [0.3, 0.4) is 0 Å². The van der Waals surface area contributed by atoms with Crippen LogP contribution >= 0.6 is 11.8 Å². The molecule has 1 aromatic heterocycles. The topological polar surface area (TPSA) is 45.2 Å². The Kier molecular flexibility index (Phi) is 7.81. The summed E-state index contributed by atoms with van der Waals surface area (Å²) in [5.74, 6) is 1.95. The molecule has 0 bridgehead atoms. The van der Waals surface area contributed by atoms with Crippen molar-refractivity contribution in [2.75, 3.05) is 9.80 Å². The molecule has 8 aromatic rings. The molecule has 0 amide bonds. The predicted molar refractivity (Wildman–Crippen MR) is 217 cm³/mol. The molecule has 2 aliphatic heterocycles. The van der Waals surface area contributed by atoms with E-state index in [2.05, 4.69) is 125 Å². The zero-order valence-electron chi connectivity index (χ0n) is 28.8. The summed E-state index contributed by atoms with van der Waals surface area (Å²) >= 11 is 1.83. The Bertz CT molecular complexity index is 2500. The van der Waals surface area contributed by atoms with Crippen molar-refractivity contribution >= 4 is 45.9 Å². The maximum Gasteiger partial charge on any atom is 0.164 e. The number of hydrogen-bond acceptors (Lipinski definition) is 6. The Balaban J connectivity index is 1.06. The van der Waals surface area contributed by atoms with E-state index in [1.54, 1.807) is 0 Å². The van der Waals surface area contributed by atoms with Crippen LogP contribution in [-0.2, 0) is 12.8 Å². The van der Waals surface area contributed by atoms with Gasteiger partial charge in [0.2, 0.25) is 0 Å². The fourth-order valence-electron chi connectivity index (χ4n) is 7.42. The lowest BCUT2D eigenvalue weighted by Gasteiger charge is -2.34. The normalized spacial score (nSPS) is 13.0.